The lowest BCUT2D eigenvalue weighted by molar-refractivity contribution is -0.116. The predicted molar refractivity (Wildman–Crippen MR) is 55.9 cm³/mol. The number of aryl methyl sites for hydroxylation is 1. The maximum absolute atomic E-state index is 11.1. The number of hydrogen-bond acceptors (Lipinski definition) is 5. The number of hydrogen-bond donors (Lipinski definition) is 1. The summed E-state index contributed by atoms with van der Waals surface area (Å²) < 4.78 is 4.97. The van der Waals surface area contributed by atoms with Gasteiger partial charge in [-0.3, -0.25) is 4.79 Å². The van der Waals surface area contributed by atoms with Crippen LogP contribution in [-0.2, 0) is 11.2 Å². The lowest BCUT2D eigenvalue weighted by atomic mass is 10.3. The van der Waals surface area contributed by atoms with Gasteiger partial charge in [-0.1, -0.05) is 0 Å². The van der Waals surface area contributed by atoms with Gasteiger partial charge < -0.3 is 4.74 Å². The van der Waals surface area contributed by atoms with Crippen molar-refractivity contribution in [3.63, 3.8) is 0 Å². The number of ketones is 1. The van der Waals surface area contributed by atoms with Crippen LogP contribution in [0.4, 0.5) is 0 Å². The first-order valence-corrected chi connectivity index (χ1v) is 4.80. The molecule has 0 aliphatic carbocycles. The Bertz CT molecular complexity index is 342. The summed E-state index contributed by atoms with van der Waals surface area (Å²) in [5.74, 6) is 1.18. The molecule has 5 heteroatoms. The second-order valence-electron chi connectivity index (χ2n) is 2.84. The fraction of sp³-hybridized carbons (Fsp3) is 0.444. The minimum absolute atomic E-state index is 0.000913. The van der Waals surface area contributed by atoms with Crippen molar-refractivity contribution in [1.82, 2.24) is 9.97 Å². The average molecular weight is 212 g/mol. The number of rotatable bonds is 4. The van der Waals surface area contributed by atoms with Gasteiger partial charge >= 0.3 is 0 Å². The lowest BCUT2D eigenvalue weighted by Gasteiger charge is -2.03. The lowest BCUT2D eigenvalue weighted by Crippen LogP contribution is -2.08. The third-order valence-electron chi connectivity index (χ3n) is 1.62. The third-order valence-corrected chi connectivity index (χ3v) is 1.97. The number of ether oxygens (including phenoxy) is 1. The van der Waals surface area contributed by atoms with E-state index in [0.29, 0.717) is 11.7 Å². The number of Topliss-reactive ketones (excluding diaryl/α,β-unsaturated/α-hetero) is 1. The molecule has 0 fully saturated rings. The van der Waals surface area contributed by atoms with Crippen LogP contribution >= 0.6 is 12.6 Å². The Morgan fingerprint density at radius 3 is 2.86 bits per heavy atom. The van der Waals surface area contributed by atoms with Gasteiger partial charge in [-0.15, -0.1) is 0 Å². The molecule has 0 aliphatic heterocycles. The van der Waals surface area contributed by atoms with Gasteiger partial charge in [0.05, 0.1) is 13.5 Å². The molecule has 0 saturated heterocycles. The van der Waals surface area contributed by atoms with Crippen molar-refractivity contribution in [1.29, 1.82) is 0 Å². The molecule has 4 nitrogen and oxygen atoms in total. The Morgan fingerprint density at radius 2 is 2.29 bits per heavy atom. The maximum atomic E-state index is 11.1. The monoisotopic (exact) mass is 212 g/mol. The largest absolute Gasteiger partial charge is 0.481 e. The topological polar surface area (TPSA) is 52.1 Å². The molecule has 1 aromatic heterocycles. The highest BCUT2D eigenvalue weighted by Crippen LogP contribution is 2.08. The predicted octanol–water partition coefficient (Wildman–Crippen LogP) is 0.835. The number of carbonyl (C=O) groups is 1. The van der Waals surface area contributed by atoms with Crippen molar-refractivity contribution in [2.75, 3.05) is 12.9 Å². The number of nitrogens with zero attached hydrogens (tertiary/aromatic N) is 2. The Balaban J connectivity index is 2.86. The summed E-state index contributed by atoms with van der Waals surface area (Å²) in [4.78, 5) is 19.3. The first-order valence-electron chi connectivity index (χ1n) is 4.17. The minimum atomic E-state index is 0.000913. The van der Waals surface area contributed by atoms with Gasteiger partial charge in [-0.2, -0.15) is 17.6 Å². The molecule has 0 unspecified atom stereocenters. The van der Waals surface area contributed by atoms with Crippen LogP contribution < -0.4 is 4.74 Å². The smallest absolute Gasteiger partial charge is 0.216 e. The first-order chi connectivity index (χ1) is 6.65. The molecule has 0 saturated carbocycles. The van der Waals surface area contributed by atoms with E-state index in [2.05, 4.69) is 22.6 Å². The summed E-state index contributed by atoms with van der Waals surface area (Å²) >= 11 is 3.88. The summed E-state index contributed by atoms with van der Waals surface area (Å²) in [6.45, 7) is 1.83. The van der Waals surface area contributed by atoms with Crippen molar-refractivity contribution in [3.05, 3.63) is 17.6 Å². The van der Waals surface area contributed by atoms with Crippen LogP contribution in [0.1, 0.15) is 11.5 Å². The van der Waals surface area contributed by atoms with E-state index in [1.165, 1.54) is 7.11 Å². The molecule has 0 bridgehead atoms. The number of aromatic nitrogens is 2. The molecule has 0 aliphatic rings. The van der Waals surface area contributed by atoms with E-state index in [0.717, 1.165) is 5.69 Å². The fourth-order valence-corrected chi connectivity index (χ4v) is 1.13. The normalized spacial score (nSPS) is 9.93. The SMILES string of the molecule is COc1cc(C)nc(CC(=O)CS)n1. The van der Waals surface area contributed by atoms with E-state index in [9.17, 15) is 4.79 Å². The quantitative estimate of drug-likeness (QED) is 0.751. The molecule has 0 radical (unpaired) electrons. The highest BCUT2D eigenvalue weighted by molar-refractivity contribution is 7.81. The van der Waals surface area contributed by atoms with Crippen LogP contribution in [0.25, 0.3) is 0 Å². The fourth-order valence-electron chi connectivity index (χ4n) is 1.01. The molecule has 0 amide bonds. The van der Waals surface area contributed by atoms with Crippen LogP contribution in [0.5, 0.6) is 5.88 Å². The molecule has 0 atom stereocenters. The van der Waals surface area contributed by atoms with Crippen LogP contribution in [0.2, 0.25) is 0 Å². The first kappa shape index (κ1) is 11.0. The Kier molecular flexibility index (Phi) is 3.88. The van der Waals surface area contributed by atoms with Gasteiger partial charge in [0, 0.05) is 17.5 Å². The average Bonchev–Trinajstić information content (AvgIpc) is 2.16. The van der Waals surface area contributed by atoms with Crippen molar-refractivity contribution < 1.29 is 9.53 Å². The van der Waals surface area contributed by atoms with Gasteiger partial charge in [-0.05, 0) is 6.92 Å². The van der Waals surface area contributed by atoms with Crippen LogP contribution in [0.3, 0.4) is 0 Å². The van der Waals surface area contributed by atoms with E-state index < -0.39 is 0 Å². The Labute approximate surface area is 88.1 Å². The third kappa shape index (κ3) is 2.99. The van der Waals surface area contributed by atoms with Crippen LogP contribution in [-0.4, -0.2) is 28.6 Å². The number of methoxy groups -OCH3 is 1. The molecular formula is C9H12N2O2S. The van der Waals surface area contributed by atoms with Gasteiger partial charge in [0.15, 0.2) is 0 Å². The summed E-state index contributed by atoms with van der Waals surface area (Å²) in [7, 11) is 1.53. The maximum Gasteiger partial charge on any atom is 0.216 e. The van der Waals surface area contributed by atoms with Gasteiger partial charge in [-0.25, -0.2) is 4.98 Å². The second kappa shape index (κ2) is 4.95. The molecule has 76 valence electrons. The summed E-state index contributed by atoms with van der Waals surface area (Å²) in [5, 5.41) is 0. The second-order valence-corrected chi connectivity index (χ2v) is 3.16. The van der Waals surface area contributed by atoms with E-state index in [1.807, 2.05) is 6.92 Å². The zero-order valence-electron chi connectivity index (χ0n) is 8.15. The van der Waals surface area contributed by atoms with E-state index in [1.54, 1.807) is 6.07 Å². The molecular weight excluding hydrogens is 200 g/mol. The molecule has 0 spiro atoms. The van der Waals surface area contributed by atoms with Crippen molar-refractivity contribution in [2.45, 2.75) is 13.3 Å². The standard InChI is InChI=1S/C9H12N2O2S/c1-6-3-9(13-2)11-8(10-6)4-7(12)5-14/h3,14H,4-5H2,1-2H3. The Hall–Kier alpha value is -1.10. The van der Waals surface area contributed by atoms with Crippen LogP contribution in [0.15, 0.2) is 6.07 Å². The molecule has 1 aromatic rings. The molecule has 0 aromatic carbocycles. The zero-order chi connectivity index (χ0) is 10.6. The van der Waals surface area contributed by atoms with E-state index >= 15 is 0 Å². The molecule has 1 heterocycles. The van der Waals surface area contributed by atoms with Crippen molar-refractivity contribution in [3.8, 4) is 5.88 Å². The summed E-state index contributed by atoms with van der Waals surface area (Å²) in [6, 6.07) is 1.72. The summed E-state index contributed by atoms with van der Waals surface area (Å²) in [6.07, 6.45) is 0.210. The molecule has 0 N–H and O–H groups in total. The van der Waals surface area contributed by atoms with Gasteiger partial charge in [0.1, 0.15) is 11.6 Å². The number of carbonyl (C=O) groups excluding carboxylic acids is 1. The van der Waals surface area contributed by atoms with E-state index in [4.69, 9.17) is 4.74 Å². The minimum Gasteiger partial charge on any atom is -0.481 e. The number of thiol groups is 1. The van der Waals surface area contributed by atoms with Gasteiger partial charge in [0.25, 0.3) is 0 Å². The van der Waals surface area contributed by atoms with Crippen molar-refractivity contribution >= 4 is 18.4 Å². The molecule has 14 heavy (non-hydrogen) atoms. The molecule has 1 rings (SSSR count). The van der Waals surface area contributed by atoms with Crippen LogP contribution in [0, 0.1) is 6.92 Å². The Morgan fingerprint density at radius 1 is 1.57 bits per heavy atom. The van der Waals surface area contributed by atoms with E-state index in [-0.39, 0.29) is 18.0 Å². The van der Waals surface area contributed by atoms with Crippen molar-refractivity contribution in [2.24, 2.45) is 0 Å². The highest BCUT2D eigenvalue weighted by Gasteiger charge is 2.06. The summed E-state index contributed by atoms with van der Waals surface area (Å²) in [5.41, 5.74) is 0.791. The highest BCUT2D eigenvalue weighted by atomic mass is 32.1. The van der Waals surface area contributed by atoms with Gasteiger partial charge in [0.2, 0.25) is 5.88 Å². The zero-order valence-corrected chi connectivity index (χ0v) is 9.04.